The Morgan fingerprint density at radius 2 is 2.00 bits per heavy atom. The van der Waals surface area contributed by atoms with Crippen LogP contribution in [0, 0.1) is 6.92 Å². The first kappa shape index (κ1) is 20.5. The predicted molar refractivity (Wildman–Crippen MR) is 116 cm³/mol. The fraction of sp³-hybridized carbons (Fsp3) is 0.182. The van der Waals surface area contributed by atoms with E-state index >= 15 is 0 Å². The van der Waals surface area contributed by atoms with E-state index in [2.05, 4.69) is 10.3 Å². The molecule has 0 atom stereocenters. The highest BCUT2D eigenvalue weighted by Gasteiger charge is 2.07. The normalized spacial score (nSPS) is 10.9. The molecule has 2 aromatic carbocycles. The molecule has 0 unspecified atom stereocenters. The molecule has 1 amide bonds. The molecule has 0 aliphatic carbocycles. The Balaban J connectivity index is 1.67. The van der Waals surface area contributed by atoms with Crippen LogP contribution < -0.4 is 14.8 Å². The molecule has 3 aromatic rings. The molecule has 0 spiro atoms. The van der Waals surface area contributed by atoms with Crippen molar-refractivity contribution < 1.29 is 14.3 Å². The van der Waals surface area contributed by atoms with E-state index < -0.39 is 0 Å². The van der Waals surface area contributed by atoms with Crippen molar-refractivity contribution in [2.75, 3.05) is 19.5 Å². The predicted octanol–water partition coefficient (Wildman–Crippen LogP) is 4.55. The Kier molecular flexibility index (Phi) is 6.61. The minimum Gasteiger partial charge on any atom is -0.497 e. The lowest BCUT2D eigenvalue weighted by atomic mass is 10.1. The van der Waals surface area contributed by atoms with Gasteiger partial charge in [-0.15, -0.1) is 0 Å². The second-order valence-corrected chi connectivity index (χ2v) is 7.37. The van der Waals surface area contributed by atoms with E-state index in [0.29, 0.717) is 11.5 Å². The third-order valence-electron chi connectivity index (χ3n) is 4.30. The summed E-state index contributed by atoms with van der Waals surface area (Å²) in [6.45, 7) is 1.97. The zero-order chi connectivity index (χ0) is 20.8. The van der Waals surface area contributed by atoms with E-state index in [9.17, 15) is 4.79 Å². The maximum Gasteiger partial charge on any atom is 0.248 e. The van der Waals surface area contributed by atoms with Crippen LogP contribution in [-0.2, 0) is 11.8 Å². The molecule has 3 rings (SSSR count). The molecule has 0 saturated carbocycles. The Morgan fingerprint density at radius 1 is 1.17 bits per heavy atom. The van der Waals surface area contributed by atoms with E-state index in [0.717, 1.165) is 26.9 Å². The van der Waals surface area contributed by atoms with Crippen LogP contribution in [0.4, 0.5) is 5.69 Å². The van der Waals surface area contributed by atoms with Crippen molar-refractivity contribution in [1.82, 2.24) is 9.55 Å². The Labute approximate surface area is 174 Å². The molecule has 0 fully saturated rings. The molecule has 150 valence electrons. The number of nitrogens with zero attached hydrogens (tertiary/aromatic N) is 2. The molecule has 0 saturated heterocycles. The van der Waals surface area contributed by atoms with Crippen LogP contribution in [0.5, 0.6) is 11.5 Å². The molecule has 7 heteroatoms. The highest BCUT2D eigenvalue weighted by atomic mass is 32.2. The van der Waals surface area contributed by atoms with Gasteiger partial charge in [0.1, 0.15) is 11.5 Å². The number of anilines is 1. The molecule has 1 aromatic heterocycles. The minimum atomic E-state index is -0.213. The van der Waals surface area contributed by atoms with Gasteiger partial charge in [-0.05, 0) is 48.9 Å². The highest BCUT2D eigenvalue weighted by molar-refractivity contribution is 7.99. The third-order valence-corrected chi connectivity index (χ3v) is 5.36. The van der Waals surface area contributed by atoms with Gasteiger partial charge in [-0.25, -0.2) is 4.98 Å². The summed E-state index contributed by atoms with van der Waals surface area (Å²) in [7, 11) is 5.14. The van der Waals surface area contributed by atoms with Crippen LogP contribution in [0.15, 0.2) is 64.9 Å². The molecular weight excluding hydrogens is 386 g/mol. The van der Waals surface area contributed by atoms with Crippen LogP contribution in [-0.4, -0.2) is 29.7 Å². The zero-order valence-corrected chi connectivity index (χ0v) is 17.6. The summed E-state index contributed by atoms with van der Waals surface area (Å²) in [6.07, 6.45) is 6.89. The van der Waals surface area contributed by atoms with Gasteiger partial charge < -0.3 is 19.4 Å². The van der Waals surface area contributed by atoms with E-state index in [-0.39, 0.29) is 5.91 Å². The van der Waals surface area contributed by atoms with Gasteiger partial charge in [0.15, 0.2) is 5.16 Å². The summed E-state index contributed by atoms with van der Waals surface area (Å²) in [6, 6.07) is 11.3. The first-order chi connectivity index (χ1) is 14.0. The molecule has 6 nitrogen and oxygen atoms in total. The van der Waals surface area contributed by atoms with Crippen molar-refractivity contribution in [2.45, 2.75) is 17.0 Å². The number of hydrogen-bond acceptors (Lipinski definition) is 5. The van der Waals surface area contributed by atoms with Crippen molar-refractivity contribution in [3.8, 4) is 11.5 Å². The molecule has 29 heavy (non-hydrogen) atoms. The van der Waals surface area contributed by atoms with Crippen molar-refractivity contribution in [1.29, 1.82) is 0 Å². The fourth-order valence-corrected chi connectivity index (χ4v) is 3.59. The van der Waals surface area contributed by atoms with E-state index in [1.165, 1.54) is 6.08 Å². The maximum atomic E-state index is 12.4. The number of rotatable bonds is 7. The van der Waals surface area contributed by atoms with Crippen molar-refractivity contribution in [3.05, 3.63) is 66.0 Å². The first-order valence-electron chi connectivity index (χ1n) is 8.97. The Morgan fingerprint density at radius 3 is 2.66 bits per heavy atom. The molecule has 0 radical (unpaired) electrons. The smallest absolute Gasteiger partial charge is 0.248 e. The molecular formula is C22H23N3O3S. The van der Waals surface area contributed by atoms with Crippen LogP contribution in [0.25, 0.3) is 6.08 Å². The van der Waals surface area contributed by atoms with Gasteiger partial charge in [-0.3, -0.25) is 4.79 Å². The number of carbonyl (C=O) groups excluding carboxylic acids is 1. The van der Waals surface area contributed by atoms with Crippen molar-refractivity contribution in [3.63, 3.8) is 0 Å². The summed E-state index contributed by atoms with van der Waals surface area (Å²) in [5.41, 5.74) is 2.54. The Hall–Kier alpha value is -3.19. The van der Waals surface area contributed by atoms with E-state index in [4.69, 9.17) is 9.47 Å². The number of methoxy groups -OCH3 is 2. The summed E-state index contributed by atoms with van der Waals surface area (Å²) >= 11 is 1.58. The largest absolute Gasteiger partial charge is 0.497 e. The first-order valence-corrected chi connectivity index (χ1v) is 9.78. The number of aryl methyl sites for hydroxylation is 2. The van der Waals surface area contributed by atoms with E-state index in [1.807, 2.05) is 55.1 Å². The zero-order valence-electron chi connectivity index (χ0n) is 16.8. The van der Waals surface area contributed by atoms with Crippen LogP contribution in [0.1, 0.15) is 11.1 Å². The average Bonchev–Trinajstić information content (AvgIpc) is 3.12. The van der Waals surface area contributed by atoms with Gasteiger partial charge in [0, 0.05) is 47.7 Å². The molecule has 0 aliphatic rings. The second kappa shape index (κ2) is 9.34. The molecule has 1 N–H and O–H groups in total. The van der Waals surface area contributed by atoms with Gasteiger partial charge in [-0.1, -0.05) is 11.8 Å². The molecule has 1 heterocycles. The van der Waals surface area contributed by atoms with E-state index in [1.54, 1.807) is 44.3 Å². The summed E-state index contributed by atoms with van der Waals surface area (Å²) in [4.78, 5) is 17.7. The maximum absolute atomic E-state index is 12.4. The van der Waals surface area contributed by atoms with Crippen LogP contribution in [0.3, 0.4) is 0 Å². The third kappa shape index (κ3) is 5.20. The second-order valence-electron chi connectivity index (χ2n) is 6.33. The summed E-state index contributed by atoms with van der Waals surface area (Å²) in [5, 5.41) is 3.83. The number of benzene rings is 2. The topological polar surface area (TPSA) is 65.4 Å². The van der Waals surface area contributed by atoms with Crippen LogP contribution >= 0.6 is 11.8 Å². The number of aromatic nitrogens is 2. The fourth-order valence-electron chi connectivity index (χ4n) is 2.69. The van der Waals surface area contributed by atoms with Gasteiger partial charge in [0.05, 0.1) is 14.2 Å². The van der Waals surface area contributed by atoms with Gasteiger partial charge in [0.25, 0.3) is 0 Å². The minimum absolute atomic E-state index is 0.213. The lowest BCUT2D eigenvalue weighted by Crippen LogP contribution is -2.09. The van der Waals surface area contributed by atoms with Gasteiger partial charge >= 0.3 is 0 Å². The molecule has 0 bridgehead atoms. The number of imidazole rings is 1. The average molecular weight is 410 g/mol. The monoisotopic (exact) mass is 409 g/mol. The van der Waals surface area contributed by atoms with Gasteiger partial charge in [-0.2, -0.15) is 0 Å². The highest BCUT2D eigenvalue weighted by Crippen LogP contribution is 2.29. The number of nitrogens with one attached hydrogen (secondary N) is 1. The standard InChI is InChI=1S/C22H23N3O3S/c1-15-13-18(29-22-23-11-12-25(22)2)8-9-19(15)24-21(26)10-6-16-5-7-17(27-3)14-20(16)28-4/h5-14H,1-4H3,(H,24,26). The lowest BCUT2D eigenvalue weighted by Gasteiger charge is -2.09. The van der Waals surface area contributed by atoms with Crippen molar-refractivity contribution in [2.24, 2.45) is 7.05 Å². The summed E-state index contributed by atoms with van der Waals surface area (Å²) in [5.74, 6) is 1.12. The number of hydrogen-bond donors (Lipinski definition) is 1. The number of amides is 1. The number of ether oxygens (including phenoxy) is 2. The Bertz CT molecular complexity index is 1040. The quantitative estimate of drug-likeness (QED) is 0.580. The SMILES string of the molecule is COc1ccc(C=CC(=O)Nc2ccc(Sc3nccn3C)cc2C)c(OC)c1. The number of carbonyl (C=O) groups is 1. The van der Waals surface area contributed by atoms with Gasteiger partial charge in [0.2, 0.25) is 5.91 Å². The van der Waals surface area contributed by atoms with Crippen molar-refractivity contribution >= 4 is 29.4 Å². The summed E-state index contributed by atoms with van der Waals surface area (Å²) < 4.78 is 12.5. The molecule has 0 aliphatic heterocycles. The lowest BCUT2D eigenvalue weighted by molar-refractivity contribution is -0.111. The van der Waals surface area contributed by atoms with Crippen LogP contribution in [0.2, 0.25) is 0 Å².